The summed E-state index contributed by atoms with van der Waals surface area (Å²) in [5.41, 5.74) is 1.06. The Morgan fingerprint density at radius 1 is 1.19 bits per heavy atom. The average Bonchev–Trinajstić information content (AvgIpc) is 2.92. The summed E-state index contributed by atoms with van der Waals surface area (Å²) >= 11 is 0. The third-order valence-electron chi connectivity index (χ3n) is 4.49. The topological polar surface area (TPSA) is 57.2 Å². The van der Waals surface area contributed by atoms with Crippen LogP contribution in [0.25, 0.3) is 0 Å². The van der Waals surface area contributed by atoms with Crippen molar-refractivity contribution in [3.63, 3.8) is 0 Å². The first-order valence-electron chi connectivity index (χ1n) is 9.72. The molecule has 1 aromatic rings. The standard InChI is InChI=1S/C22H34O5/c1-16(2)7-6-8-19(21-20(13-14-23)26-22(3,4)27-21)25-15-17-9-11-18(24-5)12-10-17/h6,8-12,16,19-21,23H,7,13-15H2,1-5H3/b8-6-/t19?,20-,21+/m0/s1. The van der Waals surface area contributed by atoms with Gasteiger partial charge in [0.15, 0.2) is 5.79 Å². The zero-order valence-corrected chi connectivity index (χ0v) is 17.2. The maximum atomic E-state index is 9.40. The van der Waals surface area contributed by atoms with E-state index in [4.69, 9.17) is 18.9 Å². The van der Waals surface area contributed by atoms with Crippen LogP contribution in [0.2, 0.25) is 0 Å². The van der Waals surface area contributed by atoms with Crippen molar-refractivity contribution in [2.24, 2.45) is 5.92 Å². The van der Waals surface area contributed by atoms with E-state index in [0.717, 1.165) is 17.7 Å². The summed E-state index contributed by atoms with van der Waals surface area (Å²) in [7, 11) is 1.65. The van der Waals surface area contributed by atoms with Crippen molar-refractivity contribution >= 4 is 0 Å². The van der Waals surface area contributed by atoms with Gasteiger partial charge in [-0.25, -0.2) is 0 Å². The Labute approximate surface area is 163 Å². The Morgan fingerprint density at radius 3 is 2.48 bits per heavy atom. The molecule has 1 N–H and O–H groups in total. The van der Waals surface area contributed by atoms with Crippen molar-refractivity contribution in [1.82, 2.24) is 0 Å². The molecule has 0 aromatic heterocycles. The molecule has 152 valence electrons. The molecule has 3 atom stereocenters. The van der Waals surface area contributed by atoms with E-state index < -0.39 is 5.79 Å². The summed E-state index contributed by atoms with van der Waals surface area (Å²) in [5.74, 6) is 0.719. The SMILES string of the molecule is COc1ccc(COC(/C=C\CC(C)C)[C@H]2OC(C)(C)O[C@H]2CCO)cc1. The number of rotatable bonds is 10. The third kappa shape index (κ3) is 6.92. The van der Waals surface area contributed by atoms with E-state index in [9.17, 15) is 5.11 Å². The molecule has 1 aromatic carbocycles. The Bertz CT molecular complexity index is 579. The molecule has 0 radical (unpaired) electrons. The maximum absolute atomic E-state index is 9.40. The molecule has 0 bridgehead atoms. The van der Waals surface area contributed by atoms with Crippen LogP contribution in [0.1, 0.15) is 46.1 Å². The molecule has 0 spiro atoms. The van der Waals surface area contributed by atoms with E-state index in [1.165, 1.54) is 0 Å². The molecule has 0 aliphatic carbocycles. The number of benzene rings is 1. The number of ether oxygens (including phenoxy) is 4. The lowest BCUT2D eigenvalue weighted by atomic mass is 10.0. The predicted octanol–water partition coefficient (Wildman–Crippen LogP) is 4.09. The first-order valence-corrected chi connectivity index (χ1v) is 9.72. The highest BCUT2D eigenvalue weighted by atomic mass is 16.8. The van der Waals surface area contributed by atoms with Crippen LogP contribution in [0, 0.1) is 5.92 Å². The predicted molar refractivity (Wildman–Crippen MR) is 106 cm³/mol. The lowest BCUT2D eigenvalue weighted by molar-refractivity contribution is -0.156. The molecule has 5 heteroatoms. The average molecular weight is 379 g/mol. The highest BCUT2D eigenvalue weighted by molar-refractivity contribution is 5.26. The molecule has 1 fully saturated rings. The molecule has 2 rings (SSSR count). The number of allylic oxidation sites excluding steroid dienone is 1. The van der Waals surface area contributed by atoms with Crippen LogP contribution in [0.3, 0.4) is 0 Å². The van der Waals surface area contributed by atoms with Gasteiger partial charge in [0, 0.05) is 6.61 Å². The van der Waals surface area contributed by atoms with Gasteiger partial charge in [0.1, 0.15) is 18.0 Å². The molecule has 27 heavy (non-hydrogen) atoms. The smallest absolute Gasteiger partial charge is 0.163 e. The zero-order chi connectivity index (χ0) is 19.9. The summed E-state index contributed by atoms with van der Waals surface area (Å²) in [5, 5.41) is 9.40. The second-order valence-electron chi connectivity index (χ2n) is 7.83. The molecule has 1 aliphatic heterocycles. The quantitative estimate of drug-likeness (QED) is 0.622. The number of aliphatic hydroxyl groups excluding tert-OH is 1. The molecule has 1 saturated heterocycles. The van der Waals surface area contributed by atoms with Crippen molar-refractivity contribution < 1.29 is 24.1 Å². The molecule has 1 aliphatic rings. The van der Waals surface area contributed by atoms with Crippen LogP contribution in [0.15, 0.2) is 36.4 Å². The highest BCUT2D eigenvalue weighted by Gasteiger charge is 2.44. The van der Waals surface area contributed by atoms with Gasteiger partial charge in [0.25, 0.3) is 0 Å². The van der Waals surface area contributed by atoms with Gasteiger partial charge < -0.3 is 24.1 Å². The summed E-state index contributed by atoms with van der Waals surface area (Å²) in [6.07, 6.45) is 5.02. The first-order chi connectivity index (χ1) is 12.8. The van der Waals surface area contributed by atoms with Gasteiger partial charge in [-0.05, 0) is 50.3 Å². The lowest BCUT2D eigenvalue weighted by Crippen LogP contribution is -2.36. The monoisotopic (exact) mass is 378 g/mol. The molecule has 1 unspecified atom stereocenters. The maximum Gasteiger partial charge on any atom is 0.163 e. The third-order valence-corrected chi connectivity index (χ3v) is 4.49. The minimum Gasteiger partial charge on any atom is -0.497 e. The molecule has 5 nitrogen and oxygen atoms in total. The summed E-state index contributed by atoms with van der Waals surface area (Å²) in [6, 6.07) is 7.84. The van der Waals surface area contributed by atoms with E-state index in [1.807, 2.05) is 38.1 Å². The summed E-state index contributed by atoms with van der Waals surface area (Å²) in [4.78, 5) is 0. The van der Waals surface area contributed by atoms with E-state index in [0.29, 0.717) is 18.9 Å². The van der Waals surface area contributed by atoms with E-state index in [2.05, 4.69) is 26.0 Å². The van der Waals surface area contributed by atoms with Crippen LogP contribution in [0.4, 0.5) is 0 Å². The highest BCUT2D eigenvalue weighted by Crippen LogP contribution is 2.33. The Hall–Kier alpha value is -1.40. The number of hydrogen-bond acceptors (Lipinski definition) is 5. The van der Waals surface area contributed by atoms with Crippen molar-refractivity contribution in [3.8, 4) is 5.75 Å². The zero-order valence-electron chi connectivity index (χ0n) is 17.2. The normalized spacial score (nSPS) is 23.2. The molecule has 1 heterocycles. The van der Waals surface area contributed by atoms with Gasteiger partial charge >= 0.3 is 0 Å². The fourth-order valence-electron chi connectivity index (χ4n) is 3.15. The molecule has 0 saturated carbocycles. The summed E-state index contributed by atoms with van der Waals surface area (Å²) < 4.78 is 23.5. The van der Waals surface area contributed by atoms with Gasteiger partial charge in [0.05, 0.1) is 19.8 Å². The van der Waals surface area contributed by atoms with Crippen LogP contribution in [0.5, 0.6) is 5.75 Å². The first kappa shape index (κ1) is 21.9. The molecular formula is C22H34O5. The fourth-order valence-corrected chi connectivity index (χ4v) is 3.15. The van der Waals surface area contributed by atoms with Gasteiger partial charge in [0.2, 0.25) is 0 Å². The molecule has 0 amide bonds. The van der Waals surface area contributed by atoms with E-state index >= 15 is 0 Å². The van der Waals surface area contributed by atoms with Crippen LogP contribution in [-0.4, -0.2) is 42.9 Å². The minimum atomic E-state index is -0.682. The Balaban J connectivity index is 2.10. The van der Waals surface area contributed by atoms with Crippen molar-refractivity contribution in [2.45, 2.75) is 71.2 Å². The van der Waals surface area contributed by atoms with Crippen molar-refractivity contribution in [2.75, 3.05) is 13.7 Å². The largest absolute Gasteiger partial charge is 0.497 e. The van der Waals surface area contributed by atoms with Gasteiger partial charge in [-0.3, -0.25) is 0 Å². The van der Waals surface area contributed by atoms with Crippen LogP contribution >= 0.6 is 0 Å². The van der Waals surface area contributed by atoms with E-state index in [-0.39, 0.29) is 24.9 Å². The van der Waals surface area contributed by atoms with Crippen LogP contribution < -0.4 is 4.74 Å². The second-order valence-corrected chi connectivity index (χ2v) is 7.83. The van der Waals surface area contributed by atoms with Gasteiger partial charge in [-0.1, -0.05) is 38.1 Å². The second kappa shape index (κ2) is 10.2. The fraction of sp³-hybridized carbons (Fsp3) is 0.636. The summed E-state index contributed by atoms with van der Waals surface area (Å²) in [6.45, 7) is 8.69. The van der Waals surface area contributed by atoms with Gasteiger partial charge in [-0.2, -0.15) is 0 Å². The minimum absolute atomic E-state index is 0.0571. The number of aliphatic hydroxyl groups is 1. The number of hydrogen-bond donors (Lipinski definition) is 1. The lowest BCUT2D eigenvalue weighted by Gasteiger charge is -2.25. The van der Waals surface area contributed by atoms with Crippen molar-refractivity contribution in [1.29, 1.82) is 0 Å². The number of methoxy groups -OCH3 is 1. The Morgan fingerprint density at radius 2 is 1.89 bits per heavy atom. The van der Waals surface area contributed by atoms with Crippen molar-refractivity contribution in [3.05, 3.63) is 42.0 Å². The van der Waals surface area contributed by atoms with Crippen LogP contribution in [-0.2, 0) is 20.8 Å². The van der Waals surface area contributed by atoms with E-state index in [1.54, 1.807) is 7.11 Å². The Kier molecular flexibility index (Phi) is 8.29. The molecular weight excluding hydrogens is 344 g/mol. The van der Waals surface area contributed by atoms with Gasteiger partial charge in [-0.15, -0.1) is 0 Å².